The Morgan fingerprint density at radius 1 is 0.967 bits per heavy atom. The summed E-state index contributed by atoms with van der Waals surface area (Å²) >= 11 is 0. The number of amides is 1. The number of ether oxygens (including phenoxy) is 1. The molecule has 0 bridgehead atoms. The van der Waals surface area contributed by atoms with Crippen molar-refractivity contribution in [3.63, 3.8) is 0 Å². The fourth-order valence-electron chi connectivity index (χ4n) is 3.15. The number of aromatic nitrogens is 1. The number of ketones is 2. The number of esters is 1. The number of carbonyl (C=O) groups is 4. The highest BCUT2D eigenvalue weighted by atomic mass is 16.6. The first-order valence-corrected chi connectivity index (χ1v) is 9.13. The number of hydrogen-bond acceptors (Lipinski definition) is 7. The van der Waals surface area contributed by atoms with Crippen molar-refractivity contribution in [2.75, 3.05) is 5.32 Å². The first-order valence-electron chi connectivity index (χ1n) is 9.13. The lowest BCUT2D eigenvalue weighted by Crippen LogP contribution is -2.30. The number of nitrogens with one attached hydrogen (secondary N) is 1. The first kappa shape index (κ1) is 19.3. The Kier molecular flexibility index (Phi) is 4.75. The number of rotatable bonds is 4. The smallest absolute Gasteiger partial charge is 0.377 e. The van der Waals surface area contributed by atoms with E-state index in [0.29, 0.717) is 22.5 Å². The van der Waals surface area contributed by atoms with Crippen molar-refractivity contribution in [2.45, 2.75) is 20.0 Å². The molecule has 0 fully saturated rings. The van der Waals surface area contributed by atoms with Crippen LogP contribution in [0, 0.1) is 6.92 Å². The SMILES string of the molecule is Cc1cc(C(=O)O[C@H](C)C(=O)Nc2ccc3c(c2)C(=O)c2ccccc2C3=O)on1. The Bertz CT molecular complexity index is 1210. The lowest BCUT2D eigenvalue weighted by atomic mass is 9.84. The van der Waals surface area contributed by atoms with Crippen molar-refractivity contribution in [1.29, 1.82) is 0 Å². The average molecular weight is 404 g/mol. The van der Waals surface area contributed by atoms with Crippen molar-refractivity contribution >= 4 is 29.1 Å². The average Bonchev–Trinajstić information content (AvgIpc) is 3.18. The summed E-state index contributed by atoms with van der Waals surface area (Å²) in [4.78, 5) is 49.8. The maximum atomic E-state index is 12.8. The van der Waals surface area contributed by atoms with Crippen molar-refractivity contribution in [2.24, 2.45) is 0 Å². The van der Waals surface area contributed by atoms with Crippen LogP contribution in [0.15, 0.2) is 53.1 Å². The second-order valence-electron chi connectivity index (χ2n) is 6.83. The summed E-state index contributed by atoms with van der Waals surface area (Å²) < 4.78 is 9.89. The van der Waals surface area contributed by atoms with Gasteiger partial charge in [0, 0.05) is 34.0 Å². The van der Waals surface area contributed by atoms with Crippen LogP contribution in [-0.2, 0) is 9.53 Å². The van der Waals surface area contributed by atoms with E-state index < -0.39 is 18.0 Å². The quantitative estimate of drug-likeness (QED) is 0.520. The van der Waals surface area contributed by atoms with E-state index in [-0.39, 0.29) is 28.5 Å². The van der Waals surface area contributed by atoms with Gasteiger partial charge < -0.3 is 14.6 Å². The molecule has 0 unspecified atom stereocenters. The van der Waals surface area contributed by atoms with Gasteiger partial charge in [-0.1, -0.05) is 29.4 Å². The predicted octanol–water partition coefficient (Wildman–Crippen LogP) is 2.94. The first-order chi connectivity index (χ1) is 14.3. The molecule has 30 heavy (non-hydrogen) atoms. The van der Waals surface area contributed by atoms with E-state index in [2.05, 4.69) is 10.5 Å². The number of anilines is 1. The van der Waals surface area contributed by atoms with Gasteiger partial charge in [-0.3, -0.25) is 14.4 Å². The molecule has 0 spiro atoms. The Morgan fingerprint density at radius 2 is 1.60 bits per heavy atom. The summed E-state index contributed by atoms with van der Waals surface area (Å²) in [5.41, 5.74) is 1.97. The molecule has 8 heteroatoms. The molecule has 1 amide bonds. The van der Waals surface area contributed by atoms with Gasteiger partial charge in [0.25, 0.3) is 5.91 Å². The summed E-state index contributed by atoms with van der Waals surface area (Å²) in [6.45, 7) is 3.05. The number of aryl methyl sites for hydroxylation is 1. The standard InChI is InChI=1S/C22H16N2O6/c1-11-9-18(30-24-11)22(28)29-12(2)21(27)23-13-7-8-16-17(10-13)20(26)15-6-4-3-5-14(15)19(16)25/h3-10,12H,1-2H3,(H,23,27)/t12-/m1/s1. The van der Waals surface area contributed by atoms with E-state index in [1.165, 1.54) is 31.2 Å². The molecule has 1 atom stereocenters. The number of nitrogens with zero attached hydrogens (tertiary/aromatic N) is 1. The lowest BCUT2D eigenvalue weighted by Gasteiger charge is -2.18. The molecule has 1 aromatic heterocycles. The molecule has 3 aromatic rings. The topological polar surface area (TPSA) is 116 Å². The molecule has 1 N–H and O–H groups in total. The minimum Gasteiger partial charge on any atom is -0.447 e. The van der Waals surface area contributed by atoms with Crippen LogP contribution >= 0.6 is 0 Å². The summed E-state index contributed by atoms with van der Waals surface area (Å²) in [7, 11) is 0. The Hall–Kier alpha value is -4.07. The summed E-state index contributed by atoms with van der Waals surface area (Å²) in [5.74, 6) is -2.07. The number of hydrogen-bond donors (Lipinski definition) is 1. The maximum absolute atomic E-state index is 12.8. The highest BCUT2D eigenvalue weighted by Crippen LogP contribution is 2.29. The van der Waals surface area contributed by atoms with Crippen LogP contribution in [0.4, 0.5) is 5.69 Å². The van der Waals surface area contributed by atoms with Gasteiger partial charge in [0.2, 0.25) is 5.76 Å². The fraction of sp³-hybridized carbons (Fsp3) is 0.136. The van der Waals surface area contributed by atoms with Gasteiger partial charge in [0.15, 0.2) is 17.7 Å². The van der Waals surface area contributed by atoms with Crippen LogP contribution in [-0.4, -0.2) is 34.7 Å². The van der Waals surface area contributed by atoms with Crippen LogP contribution in [0.2, 0.25) is 0 Å². The van der Waals surface area contributed by atoms with Crippen LogP contribution in [0.1, 0.15) is 55.0 Å². The Balaban J connectivity index is 1.50. The molecular formula is C22H16N2O6. The Morgan fingerprint density at radius 3 is 2.23 bits per heavy atom. The summed E-state index contributed by atoms with van der Waals surface area (Å²) in [6, 6.07) is 12.4. The van der Waals surface area contributed by atoms with Gasteiger partial charge in [-0.05, 0) is 32.0 Å². The number of carbonyl (C=O) groups excluding carboxylic acids is 4. The van der Waals surface area contributed by atoms with E-state index in [0.717, 1.165) is 0 Å². The minimum atomic E-state index is -1.13. The minimum absolute atomic E-state index is 0.108. The normalized spacial score (nSPS) is 13.3. The predicted molar refractivity (Wildman–Crippen MR) is 104 cm³/mol. The van der Waals surface area contributed by atoms with Gasteiger partial charge in [0.05, 0.1) is 5.69 Å². The van der Waals surface area contributed by atoms with E-state index in [1.807, 2.05) is 0 Å². The molecular weight excluding hydrogens is 388 g/mol. The van der Waals surface area contributed by atoms with Gasteiger partial charge in [0.1, 0.15) is 0 Å². The molecule has 4 rings (SSSR count). The second kappa shape index (κ2) is 7.40. The molecule has 0 aliphatic heterocycles. The lowest BCUT2D eigenvalue weighted by molar-refractivity contribution is -0.123. The van der Waals surface area contributed by atoms with Crippen molar-refractivity contribution in [1.82, 2.24) is 5.16 Å². The highest BCUT2D eigenvalue weighted by molar-refractivity contribution is 6.28. The summed E-state index contributed by atoms with van der Waals surface area (Å²) in [5, 5.41) is 6.18. The van der Waals surface area contributed by atoms with Gasteiger partial charge in [-0.25, -0.2) is 4.79 Å². The van der Waals surface area contributed by atoms with Gasteiger partial charge >= 0.3 is 5.97 Å². The van der Waals surface area contributed by atoms with Crippen molar-refractivity contribution in [3.05, 3.63) is 82.2 Å². The zero-order valence-electron chi connectivity index (χ0n) is 16.1. The molecule has 2 aromatic carbocycles. The van der Waals surface area contributed by atoms with Crippen LogP contribution in [0.5, 0.6) is 0 Å². The maximum Gasteiger partial charge on any atom is 0.377 e. The molecule has 150 valence electrons. The molecule has 1 aliphatic carbocycles. The van der Waals surface area contributed by atoms with Crippen LogP contribution < -0.4 is 5.32 Å². The molecule has 1 aliphatic rings. The van der Waals surface area contributed by atoms with Gasteiger partial charge in [-0.15, -0.1) is 0 Å². The fourth-order valence-corrected chi connectivity index (χ4v) is 3.15. The largest absolute Gasteiger partial charge is 0.447 e. The molecule has 0 saturated heterocycles. The summed E-state index contributed by atoms with van der Waals surface area (Å²) in [6.07, 6.45) is -1.13. The van der Waals surface area contributed by atoms with Gasteiger partial charge in [-0.2, -0.15) is 0 Å². The van der Waals surface area contributed by atoms with E-state index in [4.69, 9.17) is 9.26 Å². The third-order valence-electron chi connectivity index (χ3n) is 4.67. The molecule has 1 heterocycles. The molecule has 8 nitrogen and oxygen atoms in total. The Labute approximate surface area is 170 Å². The zero-order valence-corrected chi connectivity index (χ0v) is 16.1. The van der Waals surface area contributed by atoms with E-state index >= 15 is 0 Å². The van der Waals surface area contributed by atoms with Crippen LogP contribution in [0.25, 0.3) is 0 Å². The van der Waals surface area contributed by atoms with E-state index in [1.54, 1.807) is 31.2 Å². The van der Waals surface area contributed by atoms with Crippen LogP contribution in [0.3, 0.4) is 0 Å². The second-order valence-corrected chi connectivity index (χ2v) is 6.83. The van der Waals surface area contributed by atoms with E-state index in [9.17, 15) is 19.2 Å². The molecule has 0 radical (unpaired) electrons. The van der Waals surface area contributed by atoms with Crippen molar-refractivity contribution in [3.8, 4) is 0 Å². The third-order valence-corrected chi connectivity index (χ3v) is 4.67. The number of benzene rings is 2. The monoisotopic (exact) mass is 404 g/mol. The van der Waals surface area contributed by atoms with Crippen molar-refractivity contribution < 1.29 is 28.4 Å². The third kappa shape index (κ3) is 3.39. The zero-order chi connectivity index (χ0) is 21.4. The molecule has 0 saturated carbocycles. The number of fused-ring (bicyclic) bond motifs is 2. The highest BCUT2D eigenvalue weighted by Gasteiger charge is 2.30.